The van der Waals surface area contributed by atoms with Crippen molar-refractivity contribution < 1.29 is 45.8 Å². The maximum atomic E-state index is 17.4. The standard InChI is InChI=1S/C42H45F5N8O5S/c1-39(2,3)59-37(56)52-35-25(16-48)29-24(8-9-27(44)33(29)61-35)31-30(47)32-26(17-49-31)34(51-36(50-32)58-21-42-11-7-13-54(42)18-22(43)14-42)53-19-23-10-12-41(20-53,15-28(45)46)55(23)38(57)60-40(4,5)6/h8-9,15,17,22-23H,7,10-14,18-21H2,1-6H3,(H,52,56)/t22-,23?,41?,42+/m1/s1. The molecule has 0 aliphatic carbocycles. The third-order valence-corrected chi connectivity index (χ3v) is 12.7. The molecule has 0 radical (unpaired) electrons. The largest absolute Gasteiger partial charge is 0.461 e. The number of piperazine rings is 1. The fourth-order valence-electron chi connectivity index (χ4n) is 9.32. The fraction of sp³-hybridized carbons (Fsp3) is 0.524. The number of alkyl halides is 1. The number of halogens is 5. The zero-order valence-electron chi connectivity index (χ0n) is 34.5. The maximum Gasteiger partial charge on any atom is 0.412 e. The molecule has 4 aliphatic heterocycles. The first-order valence-corrected chi connectivity index (χ1v) is 20.9. The average molecular weight is 869 g/mol. The first kappa shape index (κ1) is 42.3. The van der Waals surface area contributed by atoms with Gasteiger partial charge < -0.3 is 19.1 Å². The van der Waals surface area contributed by atoms with Crippen LogP contribution in [0.25, 0.3) is 32.2 Å². The lowest BCUT2D eigenvalue weighted by atomic mass is 9.94. The van der Waals surface area contributed by atoms with Crippen LogP contribution in [0.3, 0.4) is 0 Å². The van der Waals surface area contributed by atoms with Crippen molar-refractivity contribution in [2.24, 2.45) is 0 Å². The highest BCUT2D eigenvalue weighted by Gasteiger charge is 2.55. The third kappa shape index (κ3) is 7.88. The summed E-state index contributed by atoms with van der Waals surface area (Å²) in [5.41, 5.74) is -4.62. The second-order valence-corrected chi connectivity index (χ2v) is 19.2. The summed E-state index contributed by atoms with van der Waals surface area (Å²) in [5.74, 6) is -1.61. The minimum absolute atomic E-state index is 0.000840. The predicted molar refractivity (Wildman–Crippen MR) is 218 cm³/mol. The van der Waals surface area contributed by atoms with Gasteiger partial charge in [0.1, 0.15) is 57.9 Å². The van der Waals surface area contributed by atoms with Crippen molar-refractivity contribution in [3.63, 3.8) is 0 Å². The van der Waals surface area contributed by atoms with Gasteiger partial charge in [0.15, 0.2) is 5.82 Å². The number of carbonyl (C=O) groups excluding carboxylic acids is 2. The Morgan fingerprint density at radius 1 is 1.08 bits per heavy atom. The number of carbonyl (C=O) groups is 2. The smallest absolute Gasteiger partial charge is 0.412 e. The number of benzene rings is 1. The second kappa shape index (κ2) is 15.2. The Bertz CT molecular complexity index is 2520. The monoisotopic (exact) mass is 868 g/mol. The minimum atomic E-state index is -1.99. The van der Waals surface area contributed by atoms with Crippen LogP contribution in [-0.4, -0.2) is 104 Å². The molecule has 2 unspecified atom stereocenters. The topological polar surface area (TPSA) is 146 Å². The summed E-state index contributed by atoms with van der Waals surface area (Å²) in [4.78, 5) is 45.1. The second-order valence-electron chi connectivity index (χ2n) is 18.2. The quantitative estimate of drug-likeness (QED) is 0.178. The SMILES string of the molecule is CC(C)(C)OC(=O)Nc1sc2c(F)ccc(-c3ncc4c(N5CC6CCC(C=C(F)F)(C5)N6C(=O)OC(C)(C)C)nc(OC[C@@]56CCCN5C[C@H](F)C6)nc4c3F)c2c1C#N. The van der Waals surface area contributed by atoms with Crippen molar-refractivity contribution >= 4 is 55.3 Å². The lowest BCUT2D eigenvalue weighted by molar-refractivity contribution is 0.00164. The van der Waals surface area contributed by atoms with Crippen LogP contribution in [0.4, 0.5) is 42.4 Å². The number of hydrogen-bond donors (Lipinski definition) is 1. The Hall–Kier alpha value is -5.35. The highest BCUT2D eigenvalue weighted by atomic mass is 32.1. The number of rotatable bonds is 7. The molecule has 7 heterocycles. The first-order valence-electron chi connectivity index (χ1n) is 20.0. The molecule has 4 saturated heterocycles. The van der Waals surface area contributed by atoms with E-state index in [4.69, 9.17) is 19.2 Å². The van der Waals surface area contributed by atoms with Gasteiger partial charge in [-0.3, -0.25) is 20.1 Å². The average Bonchev–Trinajstić information content (AvgIpc) is 3.86. The minimum Gasteiger partial charge on any atom is -0.461 e. The summed E-state index contributed by atoms with van der Waals surface area (Å²) in [5, 5.41) is 12.9. The van der Waals surface area contributed by atoms with Crippen LogP contribution in [-0.2, 0) is 9.47 Å². The molecule has 1 N–H and O–H groups in total. The number of hydrogen-bond acceptors (Lipinski definition) is 12. The van der Waals surface area contributed by atoms with E-state index in [1.807, 2.05) is 11.0 Å². The van der Waals surface area contributed by atoms with E-state index in [-0.39, 0.29) is 93.7 Å². The zero-order valence-corrected chi connectivity index (χ0v) is 35.3. The molecule has 0 saturated carbocycles. The van der Waals surface area contributed by atoms with Crippen LogP contribution in [0.2, 0.25) is 0 Å². The highest BCUT2D eigenvalue weighted by Crippen LogP contribution is 2.47. The zero-order chi connectivity index (χ0) is 43.8. The summed E-state index contributed by atoms with van der Waals surface area (Å²) < 4.78 is 93.4. The molecule has 8 rings (SSSR count). The summed E-state index contributed by atoms with van der Waals surface area (Å²) in [7, 11) is 0. The number of anilines is 2. The molecule has 2 amide bonds. The van der Waals surface area contributed by atoms with Crippen LogP contribution in [0.5, 0.6) is 6.01 Å². The van der Waals surface area contributed by atoms with E-state index in [2.05, 4.69) is 15.3 Å². The Labute approximate surface area is 352 Å². The number of ether oxygens (including phenoxy) is 3. The third-order valence-electron chi connectivity index (χ3n) is 11.6. The van der Waals surface area contributed by atoms with Gasteiger partial charge in [-0.15, -0.1) is 11.3 Å². The number of nitrogens with one attached hydrogen (secondary N) is 1. The van der Waals surface area contributed by atoms with Crippen LogP contribution < -0.4 is 15.0 Å². The Kier molecular flexibility index (Phi) is 10.6. The van der Waals surface area contributed by atoms with Crippen molar-refractivity contribution in [2.45, 2.75) is 108 Å². The van der Waals surface area contributed by atoms with E-state index < -0.39 is 64.4 Å². The van der Waals surface area contributed by atoms with E-state index in [1.54, 1.807) is 46.4 Å². The van der Waals surface area contributed by atoms with Gasteiger partial charge in [0.25, 0.3) is 6.08 Å². The van der Waals surface area contributed by atoms with Gasteiger partial charge >= 0.3 is 18.2 Å². The van der Waals surface area contributed by atoms with Crippen molar-refractivity contribution in [1.82, 2.24) is 24.8 Å². The molecular weight excluding hydrogens is 824 g/mol. The van der Waals surface area contributed by atoms with Gasteiger partial charge in [0, 0.05) is 49.3 Å². The van der Waals surface area contributed by atoms with Gasteiger partial charge in [0.2, 0.25) is 0 Å². The van der Waals surface area contributed by atoms with E-state index in [1.165, 1.54) is 17.2 Å². The normalized spacial score (nSPS) is 23.9. The summed E-state index contributed by atoms with van der Waals surface area (Å²) in [6, 6.07) is 3.52. The van der Waals surface area contributed by atoms with Gasteiger partial charge in [-0.2, -0.15) is 24.0 Å². The Balaban J connectivity index is 1.25. The molecule has 1 aromatic carbocycles. The number of thiophene rings is 1. The number of pyridine rings is 1. The molecule has 0 spiro atoms. The van der Waals surface area contributed by atoms with Gasteiger partial charge in [-0.1, -0.05) is 0 Å². The Morgan fingerprint density at radius 3 is 2.54 bits per heavy atom. The molecular formula is C42H45F5N8O5S. The fourth-order valence-corrected chi connectivity index (χ4v) is 10.4. The van der Waals surface area contributed by atoms with Gasteiger partial charge in [-0.05, 0) is 85.9 Å². The number of fused-ring (bicyclic) bond motifs is 5. The maximum absolute atomic E-state index is 17.4. The number of nitrogens with zero attached hydrogens (tertiary/aromatic N) is 7. The van der Waals surface area contributed by atoms with Crippen molar-refractivity contribution in [2.75, 3.05) is 43.0 Å². The first-order chi connectivity index (χ1) is 28.7. The molecule has 61 heavy (non-hydrogen) atoms. The highest BCUT2D eigenvalue weighted by molar-refractivity contribution is 7.23. The van der Waals surface area contributed by atoms with E-state index in [0.717, 1.165) is 29.9 Å². The molecule has 4 atom stereocenters. The number of nitriles is 1. The van der Waals surface area contributed by atoms with E-state index in [9.17, 15) is 28.0 Å². The van der Waals surface area contributed by atoms with Crippen molar-refractivity contribution in [3.05, 3.63) is 47.7 Å². The van der Waals surface area contributed by atoms with Gasteiger partial charge in [0.05, 0.1) is 32.8 Å². The van der Waals surface area contributed by atoms with Crippen molar-refractivity contribution in [1.29, 1.82) is 5.26 Å². The summed E-state index contributed by atoms with van der Waals surface area (Å²) >= 11 is 0.774. The Morgan fingerprint density at radius 2 is 1.84 bits per heavy atom. The van der Waals surface area contributed by atoms with Crippen LogP contribution >= 0.6 is 11.3 Å². The van der Waals surface area contributed by atoms with E-state index >= 15 is 8.78 Å². The predicted octanol–water partition coefficient (Wildman–Crippen LogP) is 9.10. The molecule has 324 valence electrons. The lowest BCUT2D eigenvalue weighted by Crippen LogP contribution is -2.63. The molecule has 4 fully saturated rings. The summed E-state index contributed by atoms with van der Waals surface area (Å²) in [6.07, 6.45) is -0.325. The number of amides is 2. The molecule has 3 aromatic heterocycles. The van der Waals surface area contributed by atoms with Gasteiger partial charge in [-0.25, -0.2) is 22.8 Å². The van der Waals surface area contributed by atoms with Crippen molar-refractivity contribution in [3.8, 4) is 23.3 Å². The molecule has 19 heteroatoms. The summed E-state index contributed by atoms with van der Waals surface area (Å²) in [6.45, 7) is 10.9. The molecule has 4 aromatic rings. The van der Waals surface area contributed by atoms with Crippen LogP contribution in [0, 0.1) is 23.0 Å². The lowest BCUT2D eigenvalue weighted by Gasteiger charge is -2.47. The number of aromatic nitrogens is 3. The van der Waals surface area contributed by atoms with Crippen LogP contribution in [0.15, 0.2) is 30.5 Å². The molecule has 2 bridgehead atoms. The molecule has 4 aliphatic rings. The molecule has 13 nitrogen and oxygen atoms in total. The van der Waals surface area contributed by atoms with E-state index in [0.29, 0.717) is 19.4 Å². The van der Waals surface area contributed by atoms with Crippen LogP contribution in [0.1, 0.15) is 79.2 Å².